The van der Waals surface area contributed by atoms with Crippen LogP contribution < -0.4 is 15.4 Å². The van der Waals surface area contributed by atoms with Gasteiger partial charge in [-0.15, -0.1) is 0 Å². The zero-order valence-electron chi connectivity index (χ0n) is 16.9. The molecule has 1 aromatic carbocycles. The lowest BCUT2D eigenvalue weighted by Gasteiger charge is -2.32. The Morgan fingerprint density at radius 1 is 1.11 bits per heavy atom. The van der Waals surface area contributed by atoms with E-state index in [2.05, 4.69) is 10.6 Å². The zero-order chi connectivity index (χ0) is 20.7. The molecular weight excluding hydrogens is 362 g/mol. The maximum absolute atomic E-state index is 12.1. The van der Waals surface area contributed by atoms with Crippen LogP contribution in [0.5, 0.6) is 5.75 Å². The van der Waals surface area contributed by atoms with Crippen molar-refractivity contribution in [2.45, 2.75) is 45.3 Å². The second-order valence-corrected chi connectivity index (χ2v) is 7.80. The van der Waals surface area contributed by atoms with Crippen molar-refractivity contribution in [3.8, 4) is 5.75 Å². The number of rotatable bonds is 5. The fraction of sp³-hybridized carbons (Fsp3) is 0.550. The molecule has 0 bridgehead atoms. The average molecular weight is 391 g/mol. The highest BCUT2D eigenvalue weighted by molar-refractivity contribution is 6.05. The van der Waals surface area contributed by atoms with Crippen molar-refractivity contribution in [2.75, 3.05) is 26.7 Å². The van der Waals surface area contributed by atoms with Crippen LogP contribution in [0.15, 0.2) is 24.3 Å². The summed E-state index contributed by atoms with van der Waals surface area (Å²) in [4.78, 5) is 38.1. The van der Waals surface area contributed by atoms with Gasteiger partial charge < -0.3 is 14.8 Å². The fourth-order valence-corrected chi connectivity index (χ4v) is 2.89. The van der Waals surface area contributed by atoms with E-state index in [1.54, 1.807) is 31.4 Å². The summed E-state index contributed by atoms with van der Waals surface area (Å²) in [6.07, 6.45) is 1.02. The molecule has 1 fully saturated rings. The summed E-state index contributed by atoms with van der Waals surface area (Å²) < 4.78 is 10.3. The van der Waals surface area contributed by atoms with Crippen LogP contribution >= 0.6 is 0 Å². The van der Waals surface area contributed by atoms with Crippen LogP contribution in [0.2, 0.25) is 0 Å². The van der Waals surface area contributed by atoms with Crippen molar-refractivity contribution < 1.29 is 23.9 Å². The summed E-state index contributed by atoms with van der Waals surface area (Å²) in [5, 5.41) is 5.26. The standard InChI is InChI=1S/C20H29N3O5/c1-20(2,3)28-19(26)21-15-9-11-23(12-10-15)13-17(24)22-18(25)14-5-7-16(27-4)8-6-14/h5-8,15H,9-13H2,1-4H3,(H,21,26)(H,22,24,25). The van der Waals surface area contributed by atoms with Gasteiger partial charge in [-0.05, 0) is 57.9 Å². The van der Waals surface area contributed by atoms with Crippen LogP contribution in [-0.2, 0) is 9.53 Å². The number of hydrogen-bond acceptors (Lipinski definition) is 6. The number of likely N-dealkylation sites (tertiary alicyclic amines) is 1. The first kappa shape index (κ1) is 21.7. The number of alkyl carbamates (subject to hydrolysis) is 1. The van der Waals surface area contributed by atoms with Crippen LogP contribution in [-0.4, -0.2) is 61.2 Å². The smallest absolute Gasteiger partial charge is 0.407 e. The molecule has 2 N–H and O–H groups in total. The number of ether oxygens (including phenoxy) is 2. The third-order valence-electron chi connectivity index (χ3n) is 4.28. The van der Waals surface area contributed by atoms with E-state index in [0.29, 0.717) is 24.4 Å². The monoisotopic (exact) mass is 391 g/mol. The number of nitrogens with zero attached hydrogens (tertiary/aromatic N) is 1. The normalized spacial score (nSPS) is 15.6. The molecule has 154 valence electrons. The van der Waals surface area contributed by atoms with Gasteiger partial charge >= 0.3 is 6.09 Å². The lowest BCUT2D eigenvalue weighted by atomic mass is 10.1. The highest BCUT2D eigenvalue weighted by Gasteiger charge is 2.24. The lowest BCUT2D eigenvalue weighted by molar-refractivity contribution is -0.121. The van der Waals surface area contributed by atoms with E-state index in [1.807, 2.05) is 25.7 Å². The molecule has 1 aromatic rings. The zero-order valence-corrected chi connectivity index (χ0v) is 16.9. The molecule has 1 aliphatic heterocycles. The Morgan fingerprint density at radius 2 is 1.71 bits per heavy atom. The number of methoxy groups -OCH3 is 1. The van der Waals surface area contributed by atoms with Gasteiger partial charge in [-0.3, -0.25) is 19.8 Å². The summed E-state index contributed by atoms with van der Waals surface area (Å²) in [5.74, 6) is -0.140. The predicted molar refractivity (Wildman–Crippen MR) is 104 cm³/mol. The third-order valence-corrected chi connectivity index (χ3v) is 4.28. The Hall–Kier alpha value is -2.61. The van der Waals surface area contributed by atoms with Gasteiger partial charge in [-0.2, -0.15) is 0 Å². The van der Waals surface area contributed by atoms with Gasteiger partial charge in [-0.25, -0.2) is 4.79 Å². The number of amides is 3. The highest BCUT2D eigenvalue weighted by Crippen LogP contribution is 2.13. The summed E-state index contributed by atoms with van der Waals surface area (Å²) >= 11 is 0. The first-order valence-electron chi connectivity index (χ1n) is 9.36. The number of carbonyl (C=O) groups is 3. The van der Waals surface area contributed by atoms with E-state index in [0.717, 1.165) is 12.8 Å². The van der Waals surface area contributed by atoms with Crippen LogP contribution in [0.3, 0.4) is 0 Å². The first-order chi connectivity index (χ1) is 13.2. The molecule has 0 unspecified atom stereocenters. The van der Waals surface area contributed by atoms with Crippen LogP contribution in [0, 0.1) is 0 Å². The number of nitrogens with one attached hydrogen (secondary N) is 2. The maximum atomic E-state index is 12.1. The molecule has 3 amide bonds. The SMILES string of the molecule is COc1ccc(C(=O)NC(=O)CN2CCC(NC(=O)OC(C)(C)C)CC2)cc1. The topological polar surface area (TPSA) is 97.0 Å². The molecule has 0 atom stereocenters. The molecule has 8 nitrogen and oxygen atoms in total. The predicted octanol–water partition coefficient (Wildman–Crippen LogP) is 1.94. The maximum Gasteiger partial charge on any atom is 0.407 e. The molecule has 8 heteroatoms. The molecule has 1 saturated heterocycles. The average Bonchev–Trinajstić information content (AvgIpc) is 2.61. The Kier molecular flexibility index (Phi) is 7.39. The molecule has 0 saturated carbocycles. The van der Waals surface area contributed by atoms with Gasteiger partial charge in [0, 0.05) is 24.7 Å². The van der Waals surface area contributed by atoms with Gasteiger partial charge in [-0.1, -0.05) is 0 Å². The second-order valence-electron chi connectivity index (χ2n) is 7.80. The van der Waals surface area contributed by atoms with E-state index in [9.17, 15) is 14.4 Å². The number of carbonyl (C=O) groups excluding carboxylic acids is 3. The third kappa shape index (κ3) is 7.19. The Labute approximate surface area is 165 Å². The van der Waals surface area contributed by atoms with Crippen LogP contribution in [0.1, 0.15) is 44.0 Å². The Bertz CT molecular complexity index is 689. The van der Waals surface area contributed by atoms with Crippen molar-refractivity contribution in [3.63, 3.8) is 0 Å². The Morgan fingerprint density at radius 3 is 2.25 bits per heavy atom. The van der Waals surface area contributed by atoms with Gasteiger partial charge in [0.25, 0.3) is 5.91 Å². The van der Waals surface area contributed by atoms with Crippen LogP contribution in [0.4, 0.5) is 4.79 Å². The lowest BCUT2D eigenvalue weighted by Crippen LogP contribution is -2.48. The minimum Gasteiger partial charge on any atom is -0.497 e. The minimum absolute atomic E-state index is 0.0232. The van der Waals surface area contributed by atoms with E-state index >= 15 is 0 Å². The number of hydrogen-bond donors (Lipinski definition) is 2. The van der Waals surface area contributed by atoms with Crippen molar-refractivity contribution in [1.82, 2.24) is 15.5 Å². The minimum atomic E-state index is -0.528. The summed E-state index contributed by atoms with van der Waals surface area (Å²) in [7, 11) is 1.55. The molecule has 2 rings (SSSR count). The van der Waals surface area contributed by atoms with Crippen molar-refractivity contribution >= 4 is 17.9 Å². The molecular formula is C20H29N3O5. The number of piperidine rings is 1. The molecule has 1 heterocycles. The largest absolute Gasteiger partial charge is 0.497 e. The Balaban J connectivity index is 1.72. The van der Waals surface area contributed by atoms with Crippen LogP contribution in [0.25, 0.3) is 0 Å². The molecule has 0 aliphatic carbocycles. The summed E-state index contributed by atoms with van der Waals surface area (Å²) in [6.45, 7) is 6.92. The van der Waals surface area contributed by atoms with Gasteiger partial charge in [0.15, 0.2) is 0 Å². The highest BCUT2D eigenvalue weighted by atomic mass is 16.6. The number of benzene rings is 1. The van der Waals surface area contributed by atoms with Gasteiger partial charge in [0.2, 0.25) is 5.91 Å². The van der Waals surface area contributed by atoms with Crippen molar-refractivity contribution in [2.24, 2.45) is 0 Å². The molecule has 0 spiro atoms. The summed E-state index contributed by atoms with van der Waals surface area (Å²) in [6, 6.07) is 6.57. The quantitative estimate of drug-likeness (QED) is 0.796. The molecule has 0 aromatic heterocycles. The molecule has 1 aliphatic rings. The number of imide groups is 1. The van der Waals surface area contributed by atoms with Gasteiger partial charge in [0.05, 0.1) is 13.7 Å². The van der Waals surface area contributed by atoms with E-state index < -0.39 is 17.6 Å². The fourth-order valence-electron chi connectivity index (χ4n) is 2.89. The van der Waals surface area contributed by atoms with Gasteiger partial charge in [0.1, 0.15) is 11.4 Å². The first-order valence-corrected chi connectivity index (χ1v) is 9.36. The molecule has 28 heavy (non-hydrogen) atoms. The van der Waals surface area contributed by atoms with Crippen molar-refractivity contribution in [1.29, 1.82) is 0 Å². The second kappa shape index (κ2) is 9.54. The van der Waals surface area contributed by atoms with E-state index in [-0.39, 0.29) is 18.5 Å². The van der Waals surface area contributed by atoms with E-state index in [1.165, 1.54) is 0 Å². The molecule has 0 radical (unpaired) electrons. The van der Waals surface area contributed by atoms with Crippen molar-refractivity contribution in [3.05, 3.63) is 29.8 Å². The summed E-state index contributed by atoms with van der Waals surface area (Å²) in [5.41, 5.74) is -0.131. The van der Waals surface area contributed by atoms with E-state index in [4.69, 9.17) is 9.47 Å².